The Morgan fingerprint density at radius 2 is 1.88 bits per heavy atom. The molecule has 0 saturated carbocycles. The van der Waals surface area contributed by atoms with Crippen molar-refractivity contribution >= 4 is 41.3 Å². The number of aromatic amines is 1. The van der Waals surface area contributed by atoms with E-state index in [0.29, 0.717) is 17.8 Å². The number of aryl methyl sites for hydroxylation is 1. The number of H-pyrrole nitrogens is 1. The van der Waals surface area contributed by atoms with Gasteiger partial charge in [0.25, 0.3) is 5.56 Å². The van der Waals surface area contributed by atoms with Gasteiger partial charge in [-0.2, -0.15) is 8.62 Å². The number of hydrogen-bond donors (Lipinski definition) is 6. The maximum Gasteiger partial charge on any atom is 0.490 e. The molecule has 0 radical (unpaired) electrons. The summed E-state index contributed by atoms with van der Waals surface area (Å²) in [5.74, 6) is 0.118. The van der Waals surface area contributed by atoms with Crippen LogP contribution in [-0.4, -0.2) is 61.4 Å². The van der Waals surface area contributed by atoms with Gasteiger partial charge in [-0.25, -0.2) is 18.7 Å². The highest BCUT2D eigenvalue weighted by molar-refractivity contribution is 7.66. The number of aromatic nitrogens is 2. The maximum absolute atomic E-state index is 11.4. The van der Waals surface area contributed by atoms with E-state index in [1.807, 2.05) is 6.92 Å². The van der Waals surface area contributed by atoms with Crippen molar-refractivity contribution in [3.05, 3.63) is 16.0 Å². The van der Waals surface area contributed by atoms with E-state index in [2.05, 4.69) is 28.1 Å². The van der Waals surface area contributed by atoms with E-state index in [4.69, 9.17) is 29.9 Å². The summed E-state index contributed by atoms with van der Waals surface area (Å²) in [6.45, 7) is 5.02. The molecule has 34 heavy (non-hydrogen) atoms. The Kier molecular flexibility index (Phi) is 11.8. The summed E-state index contributed by atoms with van der Waals surface area (Å²) >= 11 is 0. The molecule has 7 N–H and O–H groups in total. The Morgan fingerprint density at radius 1 is 1.24 bits per heavy atom. The summed E-state index contributed by atoms with van der Waals surface area (Å²) in [7, 11) is -16.0. The first-order chi connectivity index (χ1) is 15.6. The molecular formula is C14H27N4O13P3. The number of ether oxygens (including phenoxy) is 2. The van der Waals surface area contributed by atoms with E-state index in [1.54, 1.807) is 13.8 Å². The number of anilines is 1. The molecule has 1 aromatic heterocycles. The number of nitrogen functional groups attached to an aromatic ring is 1. The van der Waals surface area contributed by atoms with Crippen LogP contribution in [-0.2, 0) is 36.3 Å². The molecule has 20 heteroatoms. The van der Waals surface area contributed by atoms with Crippen LogP contribution in [0, 0.1) is 6.92 Å². The van der Waals surface area contributed by atoms with E-state index in [-0.39, 0.29) is 24.2 Å². The first kappa shape index (κ1) is 30.7. The van der Waals surface area contributed by atoms with Crippen LogP contribution in [0.2, 0.25) is 0 Å². The molecule has 1 aliphatic rings. The molecule has 1 aromatic rings. The van der Waals surface area contributed by atoms with Gasteiger partial charge >= 0.3 is 23.5 Å². The fraction of sp³-hybridized carbons (Fsp3) is 0.643. The third-order valence-electron chi connectivity index (χ3n) is 3.56. The number of phosphoric ester groups is 1. The van der Waals surface area contributed by atoms with Gasteiger partial charge < -0.3 is 34.8 Å². The standard InChI is InChI=1S/C7H10N4O.C7H17O12P3/c1-3-9-5-4(2)10-7(8)11-6(5)12;1-2-3-6-4-15-7(17-6)5-16-21(11,12)19-22(13,14)18-20(8,9)10/h3H,1-2H3,(H3,8,10,11,12);6-7H,2-5H2,1H3,(H,11,12)(H,13,14)(H2,8,9,10). The number of rotatable bonds is 10. The molecule has 4 atom stereocenters. The second-order valence-corrected chi connectivity index (χ2v) is 10.9. The van der Waals surface area contributed by atoms with Crippen molar-refractivity contribution in [2.75, 3.05) is 18.9 Å². The highest BCUT2D eigenvalue weighted by Gasteiger charge is 2.41. The molecule has 0 aliphatic carbocycles. The number of nitrogens with one attached hydrogen (secondary N) is 1. The van der Waals surface area contributed by atoms with Crippen molar-refractivity contribution < 1.29 is 55.9 Å². The lowest BCUT2D eigenvalue weighted by atomic mass is 10.2. The van der Waals surface area contributed by atoms with Crippen LogP contribution >= 0.6 is 23.5 Å². The van der Waals surface area contributed by atoms with Crippen LogP contribution in [0.25, 0.3) is 0 Å². The molecule has 0 aromatic carbocycles. The average molecular weight is 552 g/mol. The van der Waals surface area contributed by atoms with Gasteiger partial charge in [0.05, 0.1) is 18.4 Å². The molecule has 1 aliphatic heterocycles. The largest absolute Gasteiger partial charge is 0.490 e. The fourth-order valence-electron chi connectivity index (χ4n) is 2.41. The van der Waals surface area contributed by atoms with Gasteiger partial charge in [-0.15, -0.1) is 0 Å². The number of nitrogens with two attached hydrogens (primary N) is 1. The van der Waals surface area contributed by atoms with Gasteiger partial charge in [0.1, 0.15) is 12.3 Å². The normalized spacial score (nSPS) is 22.1. The van der Waals surface area contributed by atoms with Gasteiger partial charge in [0.2, 0.25) is 5.95 Å². The van der Waals surface area contributed by atoms with Crippen LogP contribution in [0.3, 0.4) is 0 Å². The fourth-order valence-corrected chi connectivity index (χ4v) is 5.41. The molecule has 1 fully saturated rings. The van der Waals surface area contributed by atoms with E-state index >= 15 is 0 Å². The summed E-state index contributed by atoms with van der Waals surface area (Å²) < 4.78 is 54.8. The smallest absolute Gasteiger partial charge is 0.369 e. The first-order valence-electron chi connectivity index (χ1n) is 9.48. The van der Waals surface area contributed by atoms with Crippen molar-refractivity contribution in [1.29, 1.82) is 0 Å². The van der Waals surface area contributed by atoms with Crippen molar-refractivity contribution in [3.63, 3.8) is 0 Å². The van der Waals surface area contributed by atoms with Crippen LogP contribution in [0.4, 0.5) is 11.6 Å². The van der Waals surface area contributed by atoms with Crippen LogP contribution < -0.4 is 11.3 Å². The molecule has 17 nitrogen and oxygen atoms in total. The minimum Gasteiger partial charge on any atom is -0.369 e. The Bertz CT molecular complexity index is 1040. The Labute approximate surface area is 193 Å². The molecule has 0 amide bonds. The molecule has 0 spiro atoms. The van der Waals surface area contributed by atoms with Gasteiger partial charge in [-0.05, 0) is 20.3 Å². The lowest BCUT2D eigenvalue weighted by Crippen LogP contribution is -2.17. The summed E-state index contributed by atoms with van der Waals surface area (Å²) in [6, 6.07) is 0. The molecule has 2 heterocycles. The zero-order chi connectivity index (χ0) is 26.2. The van der Waals surface area contributed by atoms with Gasteiger partial charge in [-0.3, -0.25) is 19.3 Å². The van der Waals surface area contributed by atoms with Crippen LogP contribution in [0.5, 0.6) is 0 Å². The number of aliphatic imine (C=N–C) groups is 1. The SMILES string of the molecule is CC=Nc1c(C)nc(N)[nH]c1=O.CCCC1COC(COP(=O)(O)OP(=O)(O)OP(=O)(O)O)O1. The van der Waals surface area contributed by atoms with E-state index in [1.165, 1.54) is 6.21 Å². The zero-order valence-corrected chi connectivity index (χ0v) is 21.0. The Balaban J connectivity index is 0.000000404. The molecule has 4 unspecified atom stereocenters. The molecule has 2 rings (SSSR count). The summed E-state index contributed by atoms with van der Waals surface area (Å²) in [4.78, 5) is 56.1. The van der Waals surface area contributed by atoms with Gasteiger partial charge in [-0.1, -0.05) is 13.3 Å². The Morgan fingerprint density at radius 3 is 2.41 bits per heavy atom. The highest BCUT2D eigenvalue weighted by atomic mass is 31.3. The zero-order valence-electron chi connectivity index (χ0n) is 18.3. The quantitative estimate of drug-likeness (QED) is 0.176. The topological polar surface area (TPSA) is 262 Å². The van der Waals surface area contributed by atoms with Crippen LogP contribution in [0.15, 0.2) is 9.79 Å². The van der Waals surface area contributed by atoms with Crippen molar-refractivity contribution in [1.82, 2.24) is 9.97 Å². The second-order valence-electron chi connectivity index (χ2n) is 6.47. The van der Waals surface area contributed by atoms with Crippen molar-refractivity contribution in [2.45, 2.75) is 46.0 Å². The number of hydrogen-bond acceptors (Lipinski definition) is 12. The summed E-state index contributed by atoms with van der Waals surface area (Å²) in [6.07, 6.45) is 1.93. The summed E-state index contributed by atoms with van der Waals surface area (Å²) in [5, 5.41) is 0. The van der Waals surface area contributed by atoms with E-state index in [0.717, 1.165) is 6.42 Å². The van der Waals surface area contributed by atoms with Gasteiger partial charge in [0.15, 0.2) is 6.29 Å². The molecule has 0 bridgehead atoms. The lowest BCUT2D eigenvalue weighted by molar-refractivity contribution is -0.0865. The lowest BCUT2D eigenvalue weighted by Gasteiger charge is -2.17. The molecule has 1 saturated heterocycles. The van der Waals surface area contributed by atoms with E-state index in [9.17, 15) is 23.4 Å². The highest BCUT2D eigenvalue weighted by Crippen LogP contribution is 2.66. The average Bonchev–Trinajstić information content (AvgIpc) is 3.09. The minimum absolute atomic E-state index is 0.118. The predicted octanol–water partition coefficient (Wildman–Crippen LogP) is 1.25. The summed E-state index contributed by atoms with van der Waals surface area (Å²) in [5.41, 5.74) is 5.85. The van der Waals surface area contributed by atoms with Crippen LogP contribution in [0.1, 0.15) is 32.4 Å². The van der Waals surface area contributed by atoms with Crippen molar-refractivity contribution in [3.8, 4) is 0 Å². The molecule has 196 valence electrons. The number of nitrogens with zero attached hydrogens (tertiary/aromatic N) is 2. The molecular weight excluding hydrogens is 525 g/mol. The second kappa shape index (κ2) is 13.1. The predicted molar refractivity (Wildman–Crippen MR) is 117 cm³/mol. The first-order valence-corrected chi connectivity index (χ1v) is 14.0. The Hall–Kier alpha value is -1.32. The van der Waals surface area contributed by atoms with Crippen molar-refractivity contribution in [2.24, 2.45) is 4.99 Å². The third kappa shape index (κ3) is 11.9. The van der Waals surface area contributed by atoms with E-state index < -0.39 is 36.4 Å². The maximum atomic E-state index is 11.4. The van der Waals surface area contributed by atoms with Gasteiger partial charge in [0, 0.05) is 6.21 Å². The third-order valence-corrected chi connectivity index (χ3v) is 7.36. The monoisotopic (exact) mass is 552 g/mol. The number of phosphoric acid groups is 3. The minimum atomic E-state index is -5.50.